The lowest BCUT2D eigenvalue weighted by atomic mass is 10.0. The fourth-order valence-electron chi connectivity index (χ4n) is 2.63. The molecule has 1 aromatic heterocycles. The Morgan fingerprint density at radius 1 is 0.933 bits per heavy atom. The molecule has 0 aliphatic heterocycles. The van der Waals surface area contributed by atoms with Gasteiger partial charge < -0.3 is 9.73 Å². The Kier molecular flexibility index (Phi) is 5.86. The van der Waals surface area contributed by atoms with Gasteiger partial charge in [-0.1, -0.05) is 18.2 Å². The SMILES string of the molecule is O=C(NCCc1coc(-c2ccccc2)n1)c1cc(C(F)(F)F)cc(C(F)(F)F)c1. The van der Waals surface area contributed by atoms with Crippen LogP contribution in [-0.4, -0.2) is 17.4 Å². The average Bonchev–Trinajstić information content (AvgIpc) is 3.16. The molecule has 0 saturated heterocycles. The number of aromatic nitrogens is 1. The van der Waals surface area contributed by atoms with E-state index in [-0.39, 0.29) is 19.0 Å². The molecule has 0 bridgehead atoms. The van der Waals surface area contributed by atoms with E-state index in [2.05, 4.69) is 10.3 Å². The molecule has 0 fully saturated rings. The summed E-state index contributed by atoms with van der Waals surface area (Å²) in [7, 11) is 0. The summed E-state index contributed by atoms with van der Waals surface area (Å²) in [6.45, 7) is -0.0583. The zero-order chi connectivity index (χ0) is 21.9. The average molecular weight is 428 g/mol. The second-order valence-electron chi connectivity index (χ2n) is 6.31. The van der Waals surface area contributed by atoms with Gasteiger partial charge in [-0.25, -0.2) is 4.98 Å². The van der Waals surface area contributed by atoms with Gasteiger partial charge in [0.15, 0.2) is 0 Å². The largest absolute Gasteiger partial charge is 0.444 e. The molecule has 0 atom stereocenters. The molecule has 0 aliphatic rings. The third-order valence-electron chi connectivity index (χ3n) is 4.09. The molecule has 0 spiro atoms. The first-order valence-electron chi connectivity index (χ1n) is 8.61. The molecule has 0 aliphatic carbocycles. The van der Waals surface area contributed by atoms with Crippen LogP contribution in [-0.2, 0) is 18.8 Å². The van der Waals surface area contributed by atoms with Crippen molar-refractivity contribution in [2.75, 3.05) is 6.54 Å². The number of benzene rings is 2. The lowest BCUT2D eigenvalue weighted by Gasteiger charge is -2.14. The van der Waals surface area contributed by atoms with E-state index in [9.17, 15) is 31.1 Å². The zero-order valence-corrected chi connectivity index (χ0v) is 15.1. The Balaban J connectivity index is 1.68. The van der Waals surface area contributed by atoms with Gasteiger partial charge in [0.05, 0.1) is 16.8 Å². The molecule has 0 unspecified atom stereocenters. The van der Waals surface area contributed by atoms with Crippen LogP contribution in [0.1, 0.15) is 27.2 Å². The van der Waals surface area contributed by atoms with Crippen molar-refractivity contribution >= 4 is 5.91 Å². The smallest absolute Gasteiger partial charge is 0.416 e. The predicted molar refractivity (Wildman–Crippen MR) is 94.4 cm³/mol. The number of amides is 1. The van der Waals surface area contributed by atoms with Crippen molar-refractivity contribution in [1.29, 1.82) is 0 Å². The van der Waals surface area contributed by atoms with Gasteiger partial charge in [-0.2, -0.15) is 26.3 Å². The third kappa shape index (κ3) is 5.19. The van der Waals surface area contributed by atoms with E-state index >= 15 is 0 Å². The number of nitrogens with one attached hydrogen (secondary N) is 1. The first kappa shape index (κ1) is 21.4. The van der Waals surface area contributed by atoms with Gasteiger partial charge in [0, 0.05) is 24.1 Å². The number of nitrogens with zero attached hydrogens (tertiary/aromatic N) is 1. The monoisotopic (exact) mass is 428 g/mol. The zero-order valence-electron chi connectivity index (χ0n) is 15.1. The van der Waals surface area contributed by atoms with Gasteiger partial charge in [-0.15, -0.1) is 0 Å². The molecule has 10 heteroatoms. The molecule has 2 aromatic carbocycles. The van der Waals surface area contributed by atoms with Gasteiger partial charge in [-0.05, 0) is 30.3 Å². The number of carbonyl (C=O) groups is 1. The minimum Gasteiger partial charge on any atom is -0.444 e. The first-order valence-corrected chi connectivity index (χ1v) is 8.61. The van der Waals surface area contributed by atoms with Crippen molar-refractivity contribution in [1.82, 2.24) is 10.3 Å². The van der Waals surface area contributed by atoms with E-state index in [0.29, 0.717) is 23.7 Å². The summed E-state index contributed by atoms with van der Waals surface area (Å²) in [6, 6.07) is 9.71. The predicted octanol–water partition coefficient (Wildman–Crippen LogP) is 5.35. The highest BCUT2D eigenvalue weighted by Crippen LogP contribution is 2.36. The molecule has 0 radical (unpaired) electrons. The van der Waals surface area contributed by atoms with Gasteiger partial charge in [0.2, 0.25) is 5.89 Å². The van der Waals surface area contributed by atoms with Crippen LogP contribution in [0.4, 0.5) is 26.3 Å². The number of carbonyl (C=O) groups excluding carboxylic acids is 1. The van der Waals surface area contributed by atoms with Gasteiger partial charge in [0.1, 0.15) is 6.26 Å². The van der Waals surface area contributed by atoms with Gasteiger partial charge in [0.25, 0.3) is 5.91 Å². The van der Waals surface area contributed by atoms with Crippen LogP contribution in [0.3, 0.4) is 0 Å². The Morgan fingerprint density at radius 2 is 1.53 bits per heavy atom. The van der Waals surface area contributed by atoms with Crippen LogP contribution >= 0.6 is 0 Å². The maximum absolute atomic E-state index is 12.9. The summed E-state index contributed by atoms with van der Waals surface area (Å²) in [5.41, 5.74) is -2.63. The van der Waals surface area contributed by atoms with Crippen molar-refractivity contribution in [3.05, 3.63) is 77.2 Å². The van der Waals surface area contributed by atoms with Crippen molar-refractivity contribution in [2.24, 2.45) is 0 Å². The number of alkyl halides is 6. The molecular formula is C20H14F6N2O2. The summed E-state index contributed by atoms with van der Waals surface area (Å²) >= 11 is 0. The highest BCUT2D eigenvalue weighted by atomic mass is 19.4. The van der Waals surface area contributed by atoms with Crippen LogP contribution < -0.4 is 5.32 Å². The molecule has 1 amide bonds. The van der Waals surface area contributed by atoms with Crippen molar-refractivity contribution in [2.45, 2.75) is 18.8 Å². The van der Waals surface area contributed by atoms with E-state index in [4.69, 9.17) is 4.42 Å². The normalized spacial score (nSPS) is 12.1. The van der Waals surface area contributed by atoms with Crippen molar-refractivity contribution < 1.29 is 35.6 Å². The molecule has 158 valence electrons. The Hall–Kier alpha value is -3.30. The lowest BCUT2D eigenvalue weighted by molar-refractivity contribution is -0.143. The Morgan fingerprint density at radius 3 is 2.10 bits per heavy atom. The summed E-state index contributed by atoms with van der Waals surface area (Å²) in [5.74, 6) is -0.706. The topological polar surface area (TPSA) is 55.1 Å². The number of rotatable bonds is 5. The maximum atomic E-state index is 12.9. The minimum absolute atomic E-state index is 0.0305. The van der Waals surface area contributed by atoms with E-state index in [1.807, 2.05) is 6.07 Å². The Bertz CT molecular complexity index is 994. The van der Waals surface area contributed by atoms with Gasteiger partial charge in [-0.3, -0.25) is 4.79 Å². The highest BCUT2D eigenvalue weighted by molar-refractivity contribution is 5.94. The number of oxazole rings is 1. The molecule has 3 aromatic rings. The number of hydrogen-bond donors (Lipinski definition) is 1. The summed E-state index contributed by atoms with van der Waals surface area (Å²) in [4.78, 5) is 16.4. The van der Waals surface area contributed by atoms with Crippen molar-refractivity contribution in [3.8, 4) is 11.5 Å². The van der Waals surface area contributed by atoms with Crippen LogP contribution in [0.2, 0.25) is 0 Å². The number of hydrogen-bond acceptors (Lipinski definition) is 3. The second kappa shape index (κ2) is 8.21. The van der Waals surface area contributed by atoms with Crippen LogP contribution in [0.25, 0.3) is 11.5 Å². The van der Waals surface area contributed by atoms with Crippen LogP contribution in [0, 0.1) is 0 Å². The molecular weight excluding hydrogens is 414 g/mol. The second-order valence-corrected chi connectivity index (χ2v) is 6.31. The third-order valence-corrected chi connectivity index (χ3v) is 4.09. The standard InChI is InChI=1S/C20H14F6N2O2/c21-19(22,23)14-8-13(9-15(10-14)20(24,25)26)17(29)27-7-6-16-11-30-18(28-16)12-4-2-1-3-5-12/h1-5,8-11H,6-7H2,(H,27,29). The van der Waals surface area contributed by atoms with E-state index in [0.717, 1.165) is 5.56 Å². The van der Waals surface area contributed by atoms with E-state index < -0.39 is 35.0 Å². The number of halogens is 6. The highest BCUT2D eigenvalue weighted by Gasteiger charge is 2.37. The van der Waals surface area contributed by atoms with E-state index in [1.165, 1.54) is 6.26 Å². The van der Waals surface area contributed by atoms with Gasteiger partial charge >= 0.3 is 12.4 Å². The summed E-state index contributed by atoms with van der Waals surface area (Å²) < 4.78 is 82.7. The minimum atomic E-state index is -5.02. The van der Waals surface area contributed by atoms with Crippen molar-refractivity contribution in [3.63, 3.8) is 0 Å². The first-order chi connectivity index (χ1) is 14.0. The van der Waals surface area contributed by atoms with Crippen LogP contribution in [0.5, 0.6) is 0 Å². The Labute approximate surface area is 166 Å². The molecule has 1 heterocycles. The quantitative estimate of drug-likeness (QED) is 0.558. The molecule has 1 N–H and O–H groups in total. The molecule has 3 rings (SSSR count). The maximum Gasteiger partial charge on any atom is 0.416 e. The van der Waals surface area contributed by atoms with E-state index in [1.54, 1.807) is 24.3 Å². The fraction of sp³-hybridized carbons (Fsp3) is 0.200. The summed E-state index contributed by atoms with van der Waals surface area (Å²) in [5, 5.41) is 2.30. The fourth-order valence-corrected chi connectivity index (χ4v) is 2.63. The lowest BCUT2D eigenvalue weighted by Crippen LogP contribution is -2.26. The van der Waals surface area contributed by atoms with Crippen LogP contribution in [0.15, 0.2) is 59.2 Å². The molecule has 0 saturated carbocycles. The molecule has 4 nitrogen and oxygen atoms in total. The summed E-state index contributed by atoms with van der Waals surface area (Å²) in [6.07, 6.45) is -8.51. The molecule has 30 heavy (non-hydrogen) atoms.